The van der Waals surface area contributed by atoms with Crippen molar-refractivity contribution in [3.8, 4) is 0 Å². The summed E-state index contributed by atoms with van der Waals surface area (Å²) >= 11 is 1.98. The van der Waals surface area contributed by atoms with Crippen LogP contribution in [0.4, 0.5) is 11.8 Å². The summed E-state index contributed by atoms with van der Waals surface area (Å²) in [7, 11) is 0. The standard InChI is InChI=1S/C13H22N4S/c1-4-14-12-16-10(2)8-11(17-12)15-9-13(18-3)6-5-7-13/h8H,4-7,9H2,1-3H3,(H2,14,15,16,17). The molecular weight excluding hydrogens is 244 g/mol. The van der Waals surface area contributed by atoms with E-state index < -0.39 is 0 Å². The van der Waals surface area contributed by atoms with E-state index in [1.807, 2.05) is 24.8 Å². The summed E-state index contributed by atoms with van der Waals surface area (Å²) in [5.41, 5.74) is 0.996. The van der Waals surface area contributed by atoms with Crippen LogP contribution in [0, 0.1) is 6.92 Å². The molecule has 4 nitrogen and oxygen atoms in total. The van der Waals surface area contributed by atoms with E-state index in [0.29, 0.717) is 10.7 Å². The SMILES string of the molecule is CCNc1nc(C)cc(NCC2(SC)CCC2)n1. The van der Waals surface area contributed by atoms with E-state index in [0.717, 1.165) is 24.6 Å². The Kier molecular flexibility index (Phi) is 4.32. The molecule has 1 fully saturated rings. The Morgan fingerprint density at radius 3 is 2.67 bits per heavy atom. The Morgan fingerprint density at radius 2 is 2.11 bits per heavy atom. The van der Waals surface area contributed by atoms with Gasteiger partial charge in [0.1, 0.15) is 5.82 Å². The fraction of sp³-hybridized carbons (Fsp3) is 0.692. The second-order valence-electron chi connectivity index (χ2n) is 4.84. The molecular formula is C13H22N4S. The van der Waals surface area contributed by atoms with E-state index in [1.54, 1.807) is 0 Å². The molecule has 100 valence electrons. The first kappa shape index (κ1) is 13.5. The number of rotatable bonds is 6. The van der Waals surface area contributed by atoms with E-state index in [9.17, 15) is 0 Å². The van der Waals surface area contributed by atoms with Gasteiger partial charge in [0.05, 0.1) is 0 Å². The Labute approximate surface area is 113 Å². The van der Waals surface area contributed by atoms with Crippen LogP contribution in [-0.2, 0) is 0 Å². The summed E-state index contributed by atoms with van der Waals surface area (Å²) in [4.78, 5) is 8.83. The minimum atomic E-state index is 0.428. The van der Waals surface area contributed by atoms with E-state index in [4.69, 9.17) is 0 Å². The molecule has 0 aliphatic heterocycles. The second-order valence-corrected chi connectivity index (χ2v) is 6.12. The summed E-state index contributed by atoms with van der Waals surface area (Å²) in [6.07, 6.45) is 6.18. The third kappa shape index (κ3) is 3.07. The third-order valence-electron chi connectivity index (χ3n) is 3.48. The molecule has 0 saturated heterocycles. The first-order valence-electron chi connectivity index (χ1n) is 6.56. The number of aromatic nitrogens is 2. The predicted octanol–water partition coefficient (Wildman–Crippen LogP) is 2.91. The maximum absolute atomic E-state index is 4.48. The molecule has 5 heteroatoms. The highest BCUT2D eigenvalue weighted by Crippen LogP contribution is 2.42. The van der Waals surface area contributed by atoms with Gasteiger partial charge in [-0.15, -0.1) is 0 Å². The fourth-order valence-electron chi connectivity index (χ4n) is 2.17. The van der Waals surface area contributed by atoms with E-state index in [1.165, 1.54) is 19.3 Å². The molecule has 1 aromatic heterocycles. The van der Waals surface area contributed by atoms with Gasteiger partial charge < -0.3 is 10.6 Å². The van der Waals surface area contributed by atoms with Gasteiger partial charge in [-0.1, -0.05) is 6.42 Å². The molecule has 1 aliphatic rings. The van der Waals surface area contributed by atoms with Gasteiger partial charge in [-0.25, -0.2) is 4.98 Å². The minimum absolute atomic E-state index is 0.428. The van der Waals surface area contributed by atoms with Gasteiger partial charge >= 0.3 is 0 Å². The maximum Gasteiger partial charge on any atom is 0.224 e. The smallest absolute Gasteiger partial charge is 0.224 e. The van der Waals surface area contributed by atoms with Gasteiger partial charge in [-0.2, -0.15) is 16.7 Å². The normalized spacial score (nSPS) is 17.1. The molecule has 1 aromatic rings. The topological polar surface area (TPSA) is 49.8 Å². The Bertz CT molecular complexity index is 398. The molecule has 18 heavy (non-hydrogen) atoms. The fourth-order valence-corrected chi connectivity index (χ4v) is 3.09. The molecule has 0 bridgehead atoms. The van der Waals surface area contributed by atoms with Gasteiger partial charge in [0.25, 0.3) is 0 Å². The number of aryl methyl sites for hydroxylation is 1. The maximum atomic E-state index is 4.48. The molecule has 1 aliphatic carbocycles. The van der Waals surface area contributed by atoms with E-state index >= 15 is 0 Å². The monoisotopic (exact) mass is 266 g/mol. The molecule has 0 atom stereocenters. The van der Waals surface area contributed by atoms with Gasteiger partial charge in [-0.3, -0.25) is 0 Å². The van der Waals surface area contributed by atoms with Gasteiger partial charge in [0.15, 0.2) is 0 Å². The lowest BCUT2D eigenvalue weighted by molar-refractivity contribution is 0.379. The van der Waals surface area contributed by atoms with Crippen molar-refractivity contribution < 1.29 is 0 Å². The summed E-state index contributed by atoms with van der Waals surface area (Å²) in [6.45, 7) is 5.89. The van der Waals surface area contributed by atoms with Crippen LogP contribution < -0.4 is 10.6 Å². The van der Waals surface area contributed by atoms with Crippen molar-refractivity contribution in [3.05, 3.63) is 11.8 Å². The van der Waals surface area contributed by atoms with Crippen molar-refractivity contribution in [2.24, 2.45) is 0 Å². The van der Waals surface area contributed by atoms with Crippen molar-refractivity contribution in [1.82, 2.24) is 9.97 Å². The third-order valence-corrected chi connectivity index (χ3v) is 4.90. The molecule has 0 amide bonds. The molecule has 0 unspecified atom stereocenters. The Morgan fingerprint density at radius 1 is 1.33 bits per heavy atom. The highest BCUT2D eigenvalue weighted by molar-refractivity contribution is 8.00. The van der Waals surface area contributed by atoms with Gasteiger partial charge in [0, 0.05) is 29.6 Å². The van der Waals surface area contributed by atoms with Crippen LogP contribution in [0.5, 0.6) is 0 Å². The number of thioether (sulfide) groups is 1. The molecule has 2 N–H and O–H groups in total. The van der Waals surface area contributed by atoms with Crippen LogP contribution in [0.15, 0.2) is 6.07 Å². The molecule has 1 saturated carbocycles. The van der Waals surface area contributed by atoms with Crippen LogP contribution in [0.25, 0.3) is 0 Å². The number of anilines is 2. The van der Waals surface area contributed by atoms with Gasteiger partial charge in [-0.05, 0) is 32.9 Å². The average molecular weight is 266 g/mol. The molecule has 0 radical (unpaired) electrons. The summed E-state index contributed by atoms with van der Waals surface area (Å²) in [5.74, 6) is 1.64. The Balaban J connectivity index is 2.00. The van der Waals surface area contributed by atoms with Crippen LogP contribution >= 0.6 is 11.8 Å². The number of hydrogen-bond donors (Lipinski definition) is 2. The van der Waals surface area contributed by atoms with Crippen molar-refractivity contribution in [2.45, 2.75) is 37.9 Å². The summed E-state index contributed by atoms with van der Waals surface area (Å²) < 4.78 is 0.428. The highest BCUT2D eigenvalue weighted by Gasteiger charge is 2.35. The largest absolute Gasteiger partial charge is 0.369 e. The zero-order chi connectivity index (χ0) is 13.0. The van der Waals surface area contributed by atoms with Crippen molar-refractivity contribution >= 4 is 23.5 Å². The quantitative estimate of drug-likeness (QED) is 0.829. The van der Waals surface area contributed by atoms with Crippen molar-refractivity contribution in [3.63, 3.8) is 0 Å². The predicted molar refractivity (Wildman–Crippen MR) is 79.5 cm³/mol. The van der Waals surface area contributed by atoms with E-state index in [-0.39, 0.29) is 0 Å². The lowest BCUT2D eigenvalue weighted by Gasteiger charge is -2.40. The molecule has 2 rings (SSSR count). The van der Waals surface area contributed by atoms with Crippen LogP contribution in [-0.4, -0.2) is 34.1 Å². The van der Waals surface area contributed by atoms with Crippen LogP contribution in [0.3, 0.4) is 0 Å². The number of nitrogens with one attached hydrogen (secondary N) is 2. The van der Waals surface area contributed by atoms with Gasteiger partial charge in [0.2, 0.25) is 5.95 Å². The average Bonchev–Trinajstić information content (AvgIpc) is 2.28. The summed E-state index contributed by atoms with van der Waals surface area (Å²) in [6, 6.07) is 2.01. The minimum Gasteiger partial charge on any atom is -0.369 e. The van der Waals surface area contributed by atoms with E-state index in [2.05, 4.69) is 33.8 Å². The van der Waals surface area contributed by atoms with Crippen molar-refractivity contribution in [2.75, 3.05) is 30.0 Å². The zero-order valence-electron chi connectivity index (χ0n) is 11.4. The number of nitrogens with zero attached hydrogens (tertiary/aromatic N) is 2. The molecule has 1 heterocycles. The molecule has 0 aromatic carbocycles. The van der Waals surface area contributed by atoms with Crippen LogP contribution in [0.2, 0.25) is 0 Å². The Hall–Kier alpha value is -0.970. The zero-order valence-corrected chi connectivity index (χ0v) is 12.2. The lowest BCUT2D eigenvalue weighted by atomic mass is 9.84. The highest BCUT2D eigenvalue weighted by atomic mass is 32.2. The van der Waals surface area contributed by atoms with Crippen molar-refractivity contribution in [1.29, 1.82) is 0 Å². The first-order valence-corrected chi connectivity index (χ1v) is 7.78. The molecule has 0 spiro atoms. The first-order chi connectivity index (χ1) is 8.67. The number of hydrogen-bond acceptors (Lipinski definition) is 5. The second kappa shape index (κ2) is 5.78. The van der Waals surface area contributed by atoms with Crippen LogP contribution in [0.1, 0.15) is 31.9 Å². The summed E-state index contributed by atoms with van der Waals surface area (Å²) in [5, 5.41) is 6.63. The lowest BCUT2D eigenvalue weighted by Crippen LogP contribution is -2.40.